The molecule has 0 saturated carbocycles. The standard InChI is InChI=1S/C18H19N5O4S/c1-26-13-5-3-2-4-12(13)20-14(24)10-23-11-19-16-15(17(23)25)28-18(21-16)22-6-8-27-9-7-22/h2-5,11H,6-10H2,1H3,(H,20,24). The number of para-hydroxylation sites is 2. The Bertz CT molecular complexity index is 1060. The van der Waals surface area contributed by atoms with Gasteiger partial charge in [0.25, 0.3) is 5.56 Å². The molecule has 1 saturated heterocycles. The number of carbonyl (C=O) groups excluding carboxylic acids is 1. The van der Waals surface area contributed by atoms with Crippen LogP contribution in [0.5, 0.6) is 5.75 Å². The van der Waals surface area contributed by atoms with Gasteiger partial charge in [0.1, 0.15) is 23.3 Å². The number of benzene rings is 1. The molecule has 9 nitrogen and oxygen atoms in total. The van der Waals surface area contributed by atoms with Gasteiger partial charge in [0, 0.05) is 13.1 Å². The van der Waals surface area contributed by atoms with Gasteiger partial charge in [0.2, 0.25) is 5.91 Å². The third kappa shape index (κ3) is 3.69. The van der Waals surface area contributed by atoms with E-state index in [9.17, 15) is 9.59 Å². The molecule has 0 aliphatic carbocycles. The molecule has 3 aromatic rings. The summed E-state index contributed by atoms with van der Waals surface area (Å²) in [5.41, 5.74) is 0.666. The highest BCUT2D eigenvalue weighted by Crippen LogP contribution is 2.26. The molecule has 3 heterocycles. The van der Waals surface area contributed by atoms with Crippen molar-refractivity contribution in [2.45, 2.75) is 6.54 Å². The van der Waals surface area contributed by atoms with E-state index in [2.05, 4.69) is 20.2 Å². The number of aromatic nitrogens is 3. The Kier molecular flexibility index (Phi) is 5.22. The first-order chi connectivity index (χ1) is 13.7. The Hall–Kier alpha value is -2.98. The summed E-state index contributed by atoms with van der Waals surface area (Å²) >= 11 is 1.29. The van der Waals surface area contributed by atoms with Crippen LogP contribution in [0.1, 0.15) is 0 Å². The molecule has 1 aliphatic rings. The highest BCUT2D eigenvalue weighted by Gasteiger charge is 2.18. The second-order valence-corrected chi connectivity index (χ2v) is 7.15. The summed E-state index contributed by atoms with van der Waals surface area (Å²) in [7, 11) is 1.53. The van der Waals surface area contributed by atoms with E-state index in [1.54, 1.807) is 18.2 Å². The highest BCUT2D eigenvalue weighted by molar-refractivity contribution is 7.22. The molecule has 1 amide bonds. The fourth-order valence-electron chi connectivity index (χ4n) is 2.93. The number of hydrogen-bond donors (Lipinski definition) is 1. The van der Waals surface area contributed by atoms with Crippen LogP contribution in [0, 0.1) is 0 Å². The molecule has 0 radical (unpaired) electrons. The third-order valence-corrected chi connectivity index (χ3v) is 5.44. The van der Waals surface area contributed by atoms with Crippen LogP contribution in [0.15, 0.2) is 35.4 Å². The summed E-state index contributed by atoms with van der Waals surface area (Å²) in [4.78, 5) is 36.0. The summed E-state index contributed by atoms with van der Waals surface area (Å²) in [5, 5.41) is 3.51. The van der Waals surface area contributed by atoms with Gasteiger partial charge in [-0.25, -0.2) is 4.98 Å². The van der Waals surface area contributed by atoms with E-state index >= 15 is 0 Å². The van der Waals surface area contributed by atoms with Crippen LogP contribution in [0.4, 0.5) is 10.8 Å². The van der Waals surface area contributed by atoms with E-state index in [0.29, 0.717) is 35.0 Å². The third-order valence-electron chi connectivity index (χ3n) is 4.35. The number of nitrogens with zero attached hydrogens (tertiary/aromatic N) is 4. The van der Waals surface area contributed by atoms with Crippen LogP contribution in [0.3, 0.4) is 0 Å². The van der Waals surface area contributed by atoms with Gasteiger partial charge in [0.05, 0.1) is 26.0 Å². The summed E-state index contributed by atoms with van der Waals surface area (Å²) < 4.78 is 12.3. The summed E-state index contributed by atoms with van der Waals surface area (Å²) in [5.74, 6) is 0.208. The van der Waals surface area contributed by atoms with E-state index < -0.39 is 0 Å². The van der Waals surface area contributed by atoms with Crippen LogP contribution in [-0.2, 0) is 16.1 Å². The van der Waals surface area contributed by atoms with Gasteiger partial charge in [-0.1, -0.05) is 23.5 Å². The monoisotopic (exact) mass is 401 g/mol. The van der Waals surface area contributed by atoms with Crippen molar-refractivity contribution in [2.75, 3.05) is 43.6 Å². The summed E-state index contributed by atoms with van der Waals surface area (Å²) in [6.07, 6.45) is 1.36. The van der Waals surface area contributed by atoms with Gasteiger partial charge in [-0.15, -0.1) is 0 Å². The van der Waals surface area contributed by atoms with Crippen LogP contribution < -0.4 is 20.5 Å². The molecule has 28 heavy (non-hydrogen) atoms. The highest BCUT2D eigenvalue weighted by atomic mass is 32.1. The second kappa shape index (κ2) is 7.95. The van der Waals surface area contributed by atoms with Crippen LogP contribution in [0.25, 0.3) is 10.3 Å². The van der Waals surface area contributed by atoms with Crippen LogP contribution in [-0.4, -0.2) is 53.9 Å². The Morgan fingerprint density at radius 1 is 1.32 bits per heavy atom. The quantitative estimate of drug-likeness (QED) is 0.689. The Morgan fingerprint density at radius 3 is 2.89 bits per heavy atom. The average molecular weight is 401 g/mol. The van der Waals surface area contributed by atoms with Crippen molar-refractivity contribution >= 4 is 38.4 Å². The molecule has 4 rings (SSSR count). The molecule has 1 aromatic carbocycles. The lowest BCUT2D eigenvalue weighted by molar-refractivity contribution is -0.116. The van der Waals surface area contributed by atoms with Gasteiger partial charge in [-0.2, -0.15) is 4.98 Å². The summed E-state index contributed by atoms with van der Waals surface area (Å²) in [6.45, 7) is 2.59. The maximum Gasteiger partial charge on any atom is 0.273 e. The van der Waals surface area contributed by atoms with Gasteiger partial charge in [-0.3, -0.25) is 14.2 Å². The fourth-order valence-corrected chi connectivity index (χ4v) is 3.95. The van der Waals surface area contributed by atoms with Crippen molar-refractivity contribution in [1.82, 2.24) is 14.5 Å². The number of thiazole rings is 1. The average Bonchev–Trinajstić information content (AvgIpc) is 3.16. The Morgan fingerprint density at radius 2 is 2.11 bits per heavy atom. The van der Waals surface area contributed by atoms with Crippen LogP contribution >= 0.6 is 11.3 Å². The molecule has 1 N–H and O–H groups in total. The van der Waals surface area contributed by atoms with Crippen molar-refractivity contribution in [1.29, 1.82) is 0 Å². The number of fused-ring (bicyclic) bond motifs is 1. The number of carbonyl (C=O) groups is 1. The minimum absolute atomic E-state index is 0.148. The number of morpholine rings is 1. The molecular formula is C18H19N5O4S. The second-order valence-electron chi connectivity index (χ2n) is 6.17. The van der Waals surface area contributed by atoms with Crippen molar-refractivity contribution in [2.24, 2.45) is 0 Å². The first-order valence-electron chi connectivity index (χ1n) is 8.77. The van der Waals surface area contributed by atoms with Crippen molar-refractivity contribution in [3.05, 3.63) is 40.9 Å². The zero-order valence-electron chi connectivity index (χ0n) is 15.3. The molecule has 0 spiro atoms. The van der Waals surface area contributed by atoms with Gasteiger partial charge in [-0.05, 0) is 12.1 Å². The number of hydrogen-bond acceptors (Lipinski definition) is 8. The van der Waals surface area contributed by atoms with E-state index in [1.807, 2.05) is 6.07 Å². The fraction of sp³-hybridized carbons (Fsp3) is 0.333. The summed E-state index contributed by atoms with van der Waals surface area (Å²) in [6, 6.07) is 7.09. The minimum Gasteiger partial charge on any atom is -0.495 e. The molecule has 0 bridgehead atoms. The van der Waals surface area contributed by atoms with E-state index in [4.69, 9.17) is 9.47 Å². The topological polar surface area (TPSA) is 98.6 Å². The number of rotatable bonds is 5. The molecule has 10 heteroatoms. The maximum atomic E-state index is 12.8. The van der Waals surface area contributed by atoms with Crippen molar-refractivity contribution in [3.63, 3.8) is 0 Å². The molecule has 2 aromatic heterocycles. The van der Waals surface area contributed by atoms with Gasteiger partial charge < -0.3 is 19.7 Å². The molecular weight excluding hydrogens is 382 g/mol. The SMILES string of the molecule is COc1ccccc1NC(=O)Cn1cnc2nc(N3CCOCC3)sc2c1=O. The molecule has 1 fully saturated rings. The number of ether oxygens (including phenoxy) is 2. The normalized spacial score (nSPS) is 14.2. The first-order valence-corrected chi connectivity index (χ1v) is 9.59. The van der Waals surface area contributed by atoms with Gasteiger partial charge >= 0.3 is 0 Å². The predicted molar refractivity (Wildman–Crippen MR) is 106 cm³/mol. The molecule has 0 atom stereocenters. The molecule has 0 unspecified atom stereocenters. The number of nitrogens with one attached hydrogen (secondary N) is 1. The number of methoxy groups -OCH3 is 1. The largest absolute Gasteiger partial charge is 0.495 e. The zero-order chi connectivity index (χ0) is 19.5. The van der Waals surface area contributed by atoms with Crippen molar-refractivity contribution < 1.29 is 14.3 Å². The first kappa shape index (κ1) is 18.4. The Balaban J connectivity index is 1.54. The molecule has 1 aliphatic heterocycles. The lowest BCUT2D eigenvalue weighted by Crippen LogP contribution is -2.36. The zero-order valence-corrected chi connectivity index (χ0v) is 16.1. The Labute approximate surface area is 164 Å². The predicted octanol–water partition coefficient (Wildman–Crippen LogP) is 1.34. The minimum atomic E-state index is -0.342. The molecule has 146 valence electrons. The van der Waals surface area contributed by atoms with Crippen LogP contribution in [0.2, 0.25) is 0 Å². The van der Waals surface area contributed by atoms with Crippen molar-refractivity contribution in [3.8, 4) is 5.75 Å². The lowest BCUT2D eigenvalue weighted by Gasteiger charge is -2.25. The van der Waals surface area contributed by atoms with Gasteiger partial charge in [0.15, 0.2) is 10.8 Å². The number of amides is 1. The maximum absolute atomic E-state index is 12.8. The number of anilines is 2. The van der Waals surface area contributed by atoms with E-state index in [0.717, 1.165) is 18.2 Å². The van der Waals surface area contributed by atoms with E-state index in [1.165, 1.54) is 29.3 Å². The smallest absolute Gasteiger partial charge is 0.273 e. The lowest BCUT2D eigenvalue weighted by atomic mass is 10.3. The van der Waals surface area contributed by atoms with E-state index in [-0.39, 0.29) is 18.0 Å².